The van der Waals surface area contributed by atoms with Gasteiger partial charge in [-0.3, -0.25) is 4.40 Å². The van der Waals surface area contributed by atoms with Crippen LogP contribution >= 0.6 is 23.4 Å². The number of benzene rings is 1. The molecular weight excluding hydrogens is 374 g/mol. The van der Waals surface area contributed by atoms with Crippen molar-refractivity contribution in [3.05, 3.63) is 46.3 Å². The number of halogens is 1. The summed E-state index contributed by atoms with van der Waals surface area (Å²) in [6, 6.07) is 5.35. The second-order valence-electron chi connectivity index (χ2n) is 6.32. The first-order valence-electron chi connectivity index (χ1n) is 8.24. The zero-order valence-corrected chi connectivity index (χ0v) is 15.4. The molecule has 0 aliphatic carbocycles. The largest absolute Gasteiger partial charge is 0.618 e. The number of hydrogen-bond acceptors (Lipinski definition) is 6. The number of nitrogens with zero attached hydrogens (tertiary/aromatic N) is 5. The van der Waals surface area contributed by atoms with E-state index in [2.05, 4.69) is 15.1 Å². The lowest BCUT2D eigenvalue weighted by molar-refractivity contribution is -0.583. The number of hydrogen-bond donors (Lipinski definition) is 0. The van der Waals surface area contributed by atoms with E-state index in [0.29, 0.717) is 50.6 Å². The topological polar surface area (TPSA) is 83.2 Å². The van der Waals surface area contributed by atoms with E-state index in [0.717, 1.165) is 22.7 Å². The first-order chi connectivity index (χ1) is 12.6. The first-order valence-corrected chi connectivity index (χ1v) is 9.77. The van der Waals surface area contributed by atoms with Crippen LogP contribution in [0.4, 0.5) is 0 Å². The molecule has 1 saturated heterocycles. The van der Waals surface area contributed by atoms with Crippen molar-refractivity contribution in [2.45, 2.75) is 19.3 Å². The van der Waals surface area contributed by atoms with Gasteiger partial charge in [-0.15, -0.1) is 0 Å². The minimum Gasteiger partial charge on any atom is -0.618 e. The Hall–Kier alpha value is -2.32. The van der Waals surface area contributed by atoms with Gasteiger partial charge in [0.1, 0.15) is 28.1 Å². The Kier molecular flexibility index (Phi) is 3.58. The van der Waals surface area contributed by atoms with Crippen molar-refractivity contribution in [2.75, 3.05) is 11.5 Å². The third-order valence-corrected chi connectivity index (χ3v) is 6.24. The molecule has 0 spiro atoms. The molecule has 0 amide bonds. The van der Waals surface area contributed by atoms with Gasteiger partial charge in [0, 0.05) is 18.6 Å². The molecule has 132 valence electrons. The van der Waals surface area contributed by atoms with Crippen LogP contribution in [-0.2, 0) is 0 Å². The lowest BCUT2D eigenvalue weighted by Crippen LogP contribution is -2.32. The zero-order valence-electron chi connectivity index (χ0n) is 13.8. The standard InChI is InChI=1S/C17H14ClN5O2S/c1-9-14-13(16-20-17(25-21-16)10-5-6-26-7-10)19-8-22(14)12-4-2-3-11(18)15(12)23(9)24/h2-4,8,10H,5-7H2,1H3. The van der Waals surface area contributed by atoms with Crippen molar-refractivity contribution >= 4 is 39.9 Å². The summed E-state index contributed by atoms with van der Waals surface area (Å²) in [6.07, 6.45) is 2.71. The third-order valence-electron chi connectivity index (χ3n) is 4.78. The minimum atomic E-state index is 0.292. The average molecular weight is 388 g/mol. The van der Waals surface area contributed by atoms with Crippen LogP contribution in [0.3, 0.4) is 0 Å². The lowest BCUT2D eigenvalue weighted by Gasteiger charge is -2.09. The van der Waals surface area contributed by atoms with Gasteiger partial charge in [0.15, 0.2) is 0 Å². The fraction of sp³-hybridized carbons (Fsp3) is 0.294. The van der Waals surface area contributed by atoms with Gasteiger partial charge < -0.3 is 9.73 Å². The van der Waals surface area contributed by atoms with Gasteiger partial charge in [-0.2, -0.15) is 21.5 Å². The summed E-state index contributed by atoms with van der Waals surface area (Å²) in [6.45, 7) is 1.74. The number of para-hydroxylation sites is 1. The molecule has 4 aromatic rings. The quantitative estimate of drug-likeness (QED) is 0.387. The van der Waals surface area contributed by atoms with Crippen LogP contribution < -0.4 is 4.73 Å². The zero-order chi connectivity index (χ0) is 17.8. The van der Waals surface area contributed by atoms with Gasteiger partial charge in [-0.1, -0.05) is 22.8 Å². The highest BCUT2D eigenvalue weighted by atomic mass is 35.5. The maximum Gasteiger partial charge on any atom is 0.259 e. The molecule has 0 saturated carbocycles. The molecular formula is C17H14ClN5O2S. The molecule has 4 heterocycles. The van der Waals surface area contributed by atoms with E-state index < -0.39 is 0 Å². The van der Waals surface area contributed by atoms with E-state index in [1.54, 1.807) is 19.3 Å². The van der Waals surface area contributed by atoms with E-state index in [9.17, 15) is 5.21 Å². The molecule has 1 fully saturated rings. The molecule has 3 aromatic heterocycles. The summed E-state index contributed by atoms with van der Waals surface area (Å²) in [5.74, 6) is 3.44. The Morgan fingerprint density at radius 3 is 3.12 bits per heavy atom. The van der Waals surface area contributed by atoms with Crippen molar-refractivity contribution < 1.29 is 9.25 Å². The number of aromatic nitrogens is 5. The van der Waals surface area contributed by atoms with E-state index in [-0.39, 0.29) is 0 Å². The fourth-order valence-corrected chi connectivity index (χ4v) is 4.89. The molecule has 7 nitrogen and oxygen atoms in total. The summed E-state index contributed by atoms with van der Waals surface area (Å²) in [5, 5.41) is 17.3. The minimum absolute atomic E-state index is 0.292. The van der Waals surface area contributed by atoms with E-state index in [1.807, 2.05) is 28.3 Å². The third kappa shape index (κ3) is 2.22. The predicted octanol–water partition coefficient (Wildman–Crippen LogP) is 3.35. The van der Waals surface area contributed by atoms with E-state index in [1.165, 1.54) is 0 Å². The predicted molar refractivity (Wildman–Crippen MR) is 99.4 cm³/mol. The maximum atomic E-state index is 12.8. The lowest BCUT2D eigenvalue weighted by atomic mass is 10.1. The molecule has 1 unspecified atom stereocenters. The van der Waals surface area contributed by atoms with Gasteiger partial charge in [0.25, 0.3) is 5.52 Å². The van der Waals surface area contributed by atoms with Crippen LogP contribution in [0.5, 0.6) is 0 Å². The van der Waals surface area contributed by atoms with Crippen LogP contribution in [-0.4, -0.2) is 31.0 Å². The Labute approximate surface area is 157 Å². The molecule has 26 heavy (non-hydrogen) atoms. The summed E-state index contributed by atoms with van der Waals surface area (Å²) in [7, 11) is 0. The second kappa shape index (κ2) is 5.85. The average Bonchev–Trinajstić information content (AvgIpc) is 3.38. The van der Waals surface area contributed by atoms with Crippen LogP contribution in [0.15, 0.2) is 29.0 Å². The number of thioether (sulfide) groups is 1. The highest BCUT2D eigenvalue weighted by Crippen LogP contribution is 2.33. The molecule has 9 heteroatoms. The van der Waals surface area contributed by atoms with Gasteiger partial charge in [-0.25, -0.2) is 4.98 Å². The second-order valence-corrected chi connectivity index (χ2v) is 7.87. The van der Waals surface area contributed by atoms with Crippen LogP contribution in [0.25, 0.3) is 28.1 Å². The molecule has 1 aliphatic rings. The van der Waals surface area contributed by atoms with Crippen molar-refractivity contribution in [1.29, 1.82) is 0 Å². The summed E-state index contributed by atoms with van der Waals surface area (Å²) in [5.41, 5.74) is 2.78. The summed E-state index contributed by atoms with van der Waals surface area (Å²) >= 11 is 8.13. The molecule has 1 aromatic carbocycles. The monoisotopic (exact) mass is 387 g/mol. The van der Waals surface area contributed by atoms with Crippen molar-refractivity contribution in [2.24, 2.45) is 0 Å². The fourth-order valence-electron chi connectivity index (χ4n) is 3.43. The smallest absolute Gasteiger partial charge is 0.259 e. The molecule has 0 N–H and O–H groups in total. The Balaban J connectivity index is 1.74. The maximum absolute atomic E-state index is 12.8. The Bertz CT molecular complexity index is 1150. The molecule has 0 bridgehead atoms. The van der Waals surface area contributed by atoms with Gasteiger partial charge >= 0.3 is 0 Å². The van der Waals surface area contributed by atoms with Crippen LogP contribution in [0, 0.1) is 12.1 Å². The van der Waals surface area contributed by atoms with Gasteiger partial charge in [-0.05, 0) is 24.3 Å². The number of fused-ring (bicyclic) bond motifs is 3. The Morgan fingerprint density at radius 2 is 2.31 bits per heavy atom. The van der Waals surface area contributed by atoms with E-state index >= 15 is 0 Å². The first kappa shape index (κ1) is 15.9. The number of imidazole rings is 1. The van der Waals surface area contributed by atoms with Crippen molar-refractivity contribution in [3.63, 3.8) is 0 Å². The molecule has 0 radical (unpaired) electrons. The highest BCUT2D eigenvalue weighted by Gasteiger charge is 2.27. The van der Waals surface area contributed by atoms with E-state index in [4.69, 9.17) is 16.1 Å². The summed E-state index contributed by atoms with van der Waals surface area (Å²) in [4.78, 5) is 9.01. The normalized spacial score (nSPS) is 17.5. The van der Waals surface area contributed by atoms with Crippen molar-refractivity contribution in [3.8, 4) is 11.5 Å². The Morgan fingerprint density at radius 1 is 1.42 bits per heavy atom. The van der Waals surface area contributed by atoms with Gasteiger partial charge in [0.05, 0.1) is 0 Å². The van der Waals surface area contributed by atoms with Gasteiger partial charge in [0.2, 0.25) is 17.4 Å². The van der Waals surface area contributed by atoms with Crippen molar-refractivity contribution in [1.82, 2.24) is 19.5 Å². The number of aryl methyl sites for hydroxylation is 1. The SMILES string of the molecule is Cc1c2c(-c3noc(C4CCSC4)n3)ncn2c2cccc(Cl)c2[n+]1[O-]. The molecule has 5 rings (SSSR count). The molecule has 1 aliphatic heterocycles. The van der Waals surface area contributed by atoms with Crippen LogP contribution in [0.1, 0.15) is 23.9 Å². The molecule has 1 atom stereocenters. The number of rotatable bonds is 2. The summed E-state index contributed by atoms with van der Waals surface area (Å²) < 4.78 is 8.16. The van der Waals surface area contributed by atoms with Crippen LogP contribution in [0.2, 0.25) is 5.02 Å². The highest BCUT2D eigenvalue weighted by molar-refractivity contribution is 7.99.